The molecule has 5 fully saturated rings. The predicted octanol–water partition coefficient (Wildman–Crippen LogP) is 4.06. The number of nitrogens with zero attached hydrogens (tertiary/aromatic N) is 1. The van der Waals surface area contributed by atoms with E-state index in [4.69, 9.17) is 0 Å². The Labute approximate surface area is 208 Å². The minimum absolute atomic E-state index is 0.0630. The summed E-state index contributed by atoms with van der Waals surface area (Å²) in [5, 5.41) is 33.2. The molecule has 3 N–H and O–H groups in total. The second-order valence-electron chi connectivity index (χ2n) is 12.7. The van der Waals surface area contributed by atoms with E-state index in [9.17, 15) is 24.9 Å². The van der Waals surface area contributed by atoms with Gasteiger partial charge in [0.05, 0.1) is 18.3 Å². The van der Waals surface area contributed by atoms with Crippen LogP contribution in [0.3, 0.4) is 0 Å². The summed E-state index contributed by atoms with van der Waals surface area (Å²) in [4.78, 5) is 25.9. The Morgan fingerprint density at radius 3 is 2.59 bits per heavy atom. The van der Waals surface area contributed by atoms with Crippen LogP contribution in [0.4, 0.5) is 4.79 Å². The number of carbonyl (C=O) groups excluding carboxylic acids is 2. The van der Waals surface area contributed by atoms with Gasteiger partial charge in [-0.15, -0.1) is 0 Å². The van der Waals surface area contributed by atoms with Crippen molar-refractivity contribution in [1.82, 2.24) is 4.90 Å². The summed E-state index contributed by atoms with van der Waals surface area (Å²) < 4.78 is 0. The Kier molecular flexibility index (Phi) is 6.66. The molecule has 11 atom stereocenters. The lowest BCUT2D eigenvalue weighted by molar-refractivity contribution is -0.207. The van der Waals surface area contributed by atoms with Crippen molar-refractivity contribution in [3.05, 3.63) is 0 Å². The van der Waals surface area contributed by atoms with Gasteiger partial charge in [0.15, 0.2) is 0 Å². The van der Waals surface area contributed by atoms with Crippen LogP contribution >= 0.6 is 11.8 Å². The first kappa shape index (κ1) is 25.0. The molecule has 0 spiro atoms. The van der Waals surface area contributed by atoms with Crippen LogP contribution in [0.25, 0.3) is 0 Å². The van der Waals surface area contributed by atoms with Crippen LogP contribution in [0.1, 0.15) is 78.6 Å². The van der Waals surface area contributed by atoms with Gasteiger partial charge in [-0.25, -0.2) is 0 Å². The molecule has 4 saturated carbocycles. The minimum Gasteiger partial charge on any atom is -0.393 e. The third-order valence-electron chi connectivity index (χ3n) is 11.4. The highest BCUT2D eigenvalue weighted by Gasteiger charge is 2.65. The third-order valence-corrected chi connectivity index (χ3v) is 12.3. The van der Waals surface area contributed by atoms with Gasteiger partial charge in [0, 0.05) is 18.7 Å². The molecule has 1 aliphatic heterocycles. The summed E-state index contributed by atoms with van der Waals surface area (Å²) >= 11 is 1.22. The quantitative estimate of drug-likeness (QED) is 0.546. The Hall–Kier alpha value is -0.630. The lowest BCUT2D eigenvalue weighted by Gasteiger charge is -2.63. The number of thioether (sulfide) groups is 1. The van der Waals surface area contributed by atoms with E-state index < -0.39 is 6.10 Å². The van der Waals surface area contributed by atoms with E-state index in [1.807, 2.05) is 0 Å². The molecule has 7 heteroatoms. The normalized spacial score (nSPS) is 49.4. The molecule has 0 aromatic heterocycles. The van der Waals surface area contributed by atoms with Gasteiger partial charge in [-0.3, -0.25) is 14.5 Å². The van der Waals surface area contributed by atoms with Crippen LogP contribution in [0.2, 0.25) is 0 Å². The van der Waals surface area contributed by atoms with Crippen molar-refractivity contribution in [3.8, 4) is 0 Å². The molecule has 0 aromatic rings. The lowest BCUT2D eigenvalue weighted by Crippen LogP contribution is -2.62. The van der Waals surface area contributed by atoms with Gasteiger partial charge in [0.25, 0.3) is 5.24 Å². The van der Waals surface area contributed by atoms with E-state index >= 15 is 0 Å². The molecule has 192 valence electrons. The van der Waals surface area contributed by atoms with Crippen molar-refractivity contribution in [2.24, 2.45) is 46.3 Å². The van der Waals surface area contributed by atoms with Gasteiger partial charge in [0.1, 0.15) is 0 Å². The first-order valence-electron chi connectivity index (χ1n) is 13.6. The van der Waals surface area contributed by atoms with Gasteiger partial charge in [-0.1, -0.05) is 32.5 Å². The standard InChI is InChI=1S/C27H43NO5S/c1-15(4-7-23(32)28-10-11-34-25(28)33)18-5-6-19-24-20(14-22(31)27(18,19)3)26(2)9-8-17(29)12-16(26)13-21(24)30/h15-22,24,29-31H,4-14H2,1-3H3. The molecular formula is C27H43NO5S. The number of rotatable bonds is 4. The van der Waals surface area contributed by atoms with Crippen molar-refractivity contribution >= 4 is 22.9 Å². The highest BCUT2D eigenvalue weighted by atomic mass is 32.2. The first-order chi connectivity index (χ1) is 16.1. The van der Waals surface area contributed by atoms with E-state index in [0.29, 0.717) is 42.4 Å². The molecule has 6 nitrogen and oxygen atoms in total. The SMILES string of the molecule is CC(CCC(=O)N1CCSC1=O)C1CCC2C3C(O)CC4CC(O)CCC4(C)C3CC(O)C12C. The smallest absolute Gasteiger partial charge is 0.288 e. The molecule has 5 rings (SSSR count). The summed E-state index contributed by atoms with van der Waals surface area (Å²) in [6.45, 7) is 7.35. The summed E-state index contributed by atoms with van der Waals surface area (Å²) in [7, 11) is 0. The number of hydrogen-bond donors (Lipinski definition) is 3. The fourth-order valence-electron chi connectivity index (χ4n) is 9.44. The monoisotopic (exact) mass is 493 g/mol. The summed E-state index contributed by atoms with van der Waals surface area (Å²) in [5.74, 6) is 2.36. The minimum atomic E-state index is -0.407. The van der Waals surface area contributed by atoms with Crippen molar-refractivity contribution in [1.29, 1.82) is 0 Å². The maximum atomic E-state index is 12.6. The number of aliphatic hydroxyl groups excluding tert-OH is 3. The van der Waals surface area contributed by atoms with Crippen LogP contribution in [0, 0.1) is 46.3 Å². The fraction of sp³-hybridized carbons (Fsp3) is 0.926. The second kappa shape index (κ2) is 9.04. The van der Waals surface area contributed by atoms with E-state index in [2.05, 4.69) is 20.8 Å². The maximum Gasteiger partial charge on any atom is 0.288 e. The Balaban J connectivity index is 1.32. The average molecular weight is 494 g/mol. The van der Waals surface area contributed by atoms with Crippen LogP contribution in [-0.4, -0.2) is 62.0 Å². The third kappa shape index (κ3) is 3.79. The number of amides is 2. The van der Waals surface area contributed by atoms with Crippen LogP contribution in [-0.2, 0) is 4.79 Å². The lowest BCUT2D eigenvalue weighted by atomic mass is 9.43. The largest absolute Gasteiger partial charge is 0.393 e. The Morgan fingerprint density at radius 1 is 1.12 bits per heavy atom. The summed E-state index contributed by atoms with van der Waals surface area (Å²) in [6, 6.07) is 0. The fourth-order valence-corrected chi connectivity index (χ4v) is 10.2. The second-order valence-corrected chi connectivity index (χ2v) is 13.7. The molecule has 4 aliphatic carbocycles. The van der Waals surface area contributed by atoms with Crippen molar-refractivity contribution in [2.45, 2.75) is 96.9 Å². The number of aliphatic hydroxyl groups is 3. The summed E-state index contributed by atoms with van der Waals surface area (Å²) in [6.07, 6.45) is 6.26. The zero-order valence-electron chi connectivity index (χ0n) is 21.0. The van der Waals surface area contributed by atoms with Gasteiger partial charge in [-0.05, 0) is 97.7 Å². The summed E-state index contributed by atoms with van der Waals surface area (Å²) in [5.41, 5.74) is -0.164. The van der Waals surface area contributed by atoms with Crippen molar-refractivity contribution in [2.75, 3.05) is 12.3 Å². The average Bonchev–Trinajstić information content (AvgIpc) is 3.37. The molecule has 11 unspecified atom stereocenters. The molecule has 0 bridgehead atoms. The van der Waals surface area contributed by atoms with E-state index in [1.165, 1.54) is 16.7 Å². The molecule has 34 heavy (non-hydrogen) atoms. The highest BCUT2D eigenvalue weighted by Crippen LogP contribution is 2.68. The highest BCUT2D eigenvalue weighted by molar-refractivity contribution is 8.13. The van der Waals surface area contributed by atoms with Crippen LogP contribution in [0.5, 0.6) is 0 Å². The van der Waals surface area contributed by atoms with Crippen molar-refractivity contribution in [3.63, 3.8) is 0 Å². The zero-order valence-corrected chi connectivity index (χ0v) is 21.8. The van der Waals surface area contributed by atoms with E-state index in [1.54, 1.807) is 0 Å². The molecule has 0 aromatic carbocycles. The topological polar surface area (TPSA) is 98.1 Å². The molecule has 2 amide bonds. The van der Waals surface area contributed by atoms with Crippen molar-refractivity contribution < 1.29 is 24.9 Å². The Bertz CT molecular complexity index is 823. The molecule has 1 saturated heterocycles. The number of hydrogen-bond acceptors (Lipinski definition) is 6. The number of carbonyl (C=O) groups is 2. The zero-order chi connectivity index (χ0) is 24.4. The first-order valence-corrected chi connectivity index (χ1v) is 14.6. The molecular weight excluding hydrogens is 450 g/mol. The van der Waals surface area contributed by atoms with Crippen LogP contribution in [0.15, 0.2) is 0 Å². The Morgan fingerprint density at radius 2 is 1.88 bits per heavy atom. The van der Waals surface area contributed by atoms with Gasteiger partial charge in [0.2, 0.25) is 5.91 Å². The van der Waals surface area contributed by atoms with Crippen LogP contribution < -0.4 is 0 Å². The number of imide groups is 1. The van der Waals surface area contributed by atoms with E-state index in [0.717, 1.165) is 51.4 Å². The number of fused-ring (bicyclic) bond motifs is 5. The van der Waals surface area contributed by atoms with Gasteiger partial charge < -0.3 is 15.3 Å². The molecule has 1 heterocycles. The molecule has 5 aliphatic rings. The van der Waals surface area contributed by atoms with E-state index in [-0.39, 0.29) is 46.0 Å². The molecule has 0 radical (unpaired) electrons. The van der Waals surface area contributed by atoms with Gasteiger partial charge >= 0.3 is 0 Å². The maximum absolute atomic E-state index is 12.6. The van der Waals surface area contributed by atoms with Gasteiger partial charge in [-0.2, -0.15) is 0 Å². The predicted molar refractivity (Wildman–Crippen MR) is 132 cm³/mol.